The molecule has 0 atom stereocenters. The number of anilines is 2. The smallest absolute Gasteiger partial charge is 0.188 e. The van der Waals surface area contributed by atoms with Gasteiger partial charge >= 0.3 is 0 Å². The second-order valence-corrected chi connectivity index (χ2v) is 5.12. The van der Waals surface area contributed by atoms with Crippen LogP contribution >= 0.6 is 22.9 Å². The number of aryl methyl sites for hydroxylation is 2. The molecular weight excluding hydrogens is 261 g/mol. The lowest BCUT2D eigenvalue weighted by Crippen LogP contribution is -1.96. The molecule has 0 amide bonds. The Bertz CT molecular complexity index is 542. The van der Waals surface area contributed by atoms with Crippen LogP contribution < -0.4 is 5.32 Å². The predicted molar refractivity (Wildman–Crippen MR) is 68.7 cm³/mol. The second kappa shape index (κ2) is 4.98. The Hall–Kier alpha value is -1.20. The van der Waals surface area contributed by atoms with Gasteiger partial charge in [0.25, 0.3) is 0 Å². The molecule has 17 heavy (non-hydrogen) atoms. The maximum Gasteiger partial charge on any atom is 0.188 e. The molecule has 2 aromatic heterocycles. The van der Waals surface area contributed by atoms with Crippen molar-refractivity contribution in [2.75, 3.05) is 5.32 Å². The van der Waals surface area contributed by atoms with E-state index >= 15 is 0 Å². The highest BCUT2D eigenvalue weighted by Gasteiger charge is 2.09. The van der Waals surface area contributed by atoms with Crippen LogP contribution in [0.25, 0.3) is 0 Å². The number of nitrogens with zero attached hydrogens (tertiary/aromatic N) is 2. The maximum atomic E-state index is 13.5. The van der Waals surface area contributed by atoms with Crippen LogP contribution in [0.1, 0.15) is 17.5 Å². The summed E-state index contributed by atoms with van der Waals surface area (Å²) in [6, 6.07) is 1.22. The first-order valence-electron chi connectivity index (χ1n) is 5.14. The van der Waals surface area contributed by atoms with E-state index in [9.17, 15) is 4.39 Å². The minimum atomic E-state index is -0.483. The number of halogens is 2. The average Bonchev–Trinajstić information content (AvgIpc) is 2.63. The molecule has 0 aliphatic rings. The van der Waals surface area contributed by atoms with Gasteiger partial charge in [0.2, 0.25) is 0 Å². The Kier molecular flexibility index (Phi) is 3.59. The summed E-state index contributed by atoms with van der Waals surface area (Å²) in [5.41, 5.74) is 1.02. The fourth-order valence-electron chi connectivity index (χ4n) is 1.42. The van der Waals surface area contributed by atoms with Gasteiger partial charge in [0.1, 0.15) is 0 Å². The van der Waals surface area contributed by atoms with Crippen LogP contribution in [0.4, 0.5) is 15.3 Å². The molecule has 0 spiro atoms. The van der Waals surface area contributed by atoms with E-state index in [4.69, 9.17) is 11.6 Å². The van der Waals surface area contributed by atoms with Crippen molar-refractivity contribution in [1.82, 2.24) is 9.97 Å². The minimum absolute atomic E-state index is 0.144. The molecule has 0 aliphatic carbocycles. The first-order valence-corrected chi connectivity index (χ1v) is 6.34. The molecule has 90 valence electrons. The van der Waals surface area contributed by atoms with Crippen molar-refractivity contribution < 1.29 is 4.39 Å². The van der Waals surface area contributed by atoms with Crippen LogP contribution in [-0.2, 0) is 6.42 Å². The summed E-state index contributed by atoms with van der Waals surface area (Å²) in [4.78, 5) is 9.37. The van der Waals surface area contributed by atoms with Crippen molar-refractivity contribution in [3.05, 3.63) is 33.7 Å². The van der Waals surface area contributed by atoms with Gasteiger partial charge in [0, 0.05) is 11.1 Å². The lowest BCUT2D eigenvalue weighted by Gasteiger charge is -2.02. The van der Waals surface area contributed by atoms with Crippen molar-refractivity contribution in [3.63, 3.8) is 0 Å². The summed E-state index contributed by atoms with van der Waals surface area (Å²) in [6.45, 7) is 4.03. The number of thiazole rings is 1. The van der Waals surface area contributed by atoms with Crippen LogP contribution in [0.3, 0.4) is 0 Å². The van der Waals surface area contributed by atoms with Gasteiger partial charge in [-0.05, 0) is 19.4 Å². The van der Waals surface area contributed by atoms with Gasteiger partial charge in [0.05, 0.1) is 10.7 Å². The number of nitrogens with one attached hydrogen (secondary N) is 1. The van der Waals surface area contributed by atoms with Crippen molar-refractivity contribution in [1.29, 1.82) is 0 Å². The standard InChI is InChI=1S/C11H11ClFN3S/c1-3-9-6(2)17-11(15-9)16-10-8(13)4-7(12)5-14-10/h4-5H,3H2,1-2H3,(H,14,15,16). The van der Waals surface area contributed by atoms with Gasteiger partial charge in [-0.2, -0.15) is 0 Å². The molecule has 2 aromatic rings. The van der Waals surface area contributed by atoms with Crippen LogP contribution in [0, 0.1) is 12.7 Å². The first kappa shape index (κ1) is 12.3. The van der Waals surface area contributed by atoms with Crippen LogP contribution in [0.5, 0.6) is 0 Å². The minimum Gasteiger partial charge on any atom is -0.314 e. The third-order valence-electron chi connectivity index (χ3n) is 2.26. The highest BCUT2D eigenvalue weighted by Crippen LogP contribution is 2.26. The molecule has 0 aliphatic heterocycles. The molecule has 0 radical (unpaired) electrons. The molecule has 6 heteroatoms. The van der Waals surface area contributed by atoms with E-state index in [1.807, 2.05) is 13.8 Å². The first-order chi connectivity index (χ1) is 8.10. The predicted octanol–water partition coefficient (Wildman–Crippen LogP) is 3.95. The fourth-order valence-corrected chi connectivity index (χ4v) is 2.46. The molecule has 0 aromatic carbocycles. The van der Waals surface area contributed by atoms with E-state index < -0.39 is 5.82 Å². The summed E-state index contributed by atoms with van der Waals surface area (Å²) in [6.07, 6.45) is 2.26. The molecule has 1 N–H and O–H groups in total. The van der Waals surface area contributed by atoms with Crippen LogP contribution in [0.2, 0.25) is 5.02 Å². The second-order valence-electron chi connectivity index (χ2n) is 3.48. The molecular formula is C11H11ClFN3S. The lowest BCUT2D eigenvalue weighted by atomic mass is 10.3. The van der Waals surface area contributed by atoms with Crippen molar-refractivity contribution in [3.8, 4) is 0 Å². The number of aromatic nitrogens is 2. The van der Waals surface area contributed by atoms with E-state index in [2.05, 4.69) is 15.3 Å². The number of rotatable bonds is 3. The van der Waals surface area contributed by atoms with Crippen LogP contribution in [0.15, 0.2) is 12.3 Å². The van der Waals surface area contributed by atoms with E-state index in [1.54, 1.807) is 0 Å². The van der Waals surface area contributed by atoms with Gasteiger partial charge in [0.15, 0.2) is 16.8 Å². The SMILES string of the molecule is CCc1nc(Nc2ncc(Cl)cc2F)sc1C. The fraction of sp³-hybridized carbons (Fsp3) is 0.273. The lowest BCUT2D eigenvalue weighted by molar-refractivity contribution is 0.626. The third kappa shape index (κ3) is 2.73. The zero-order valence-corrected chi connectivity index (χ0v) is 11.0. The Balaban J connectivity index is 2.25. The van der Waals surface area contributed by atoms with Gasteiger partial charge < -0.3 is 5.32 Å². The number of hydrogen-bond acceptors (Lipinski definition) is 4. The normalized spacial score (nSPS) is 10.6. The van der Waals surface area contributed by atoms with Gasteiger partial charge in [-0.25, -0.2) is 14.4 Å². The Morgan fingerprint density at radius 2 is 2.29 bits per heavy atom. The summed E-state index contributed by atoms with van der Waals surface area (Å²) >= 11 is 7.11. The maximum absolute atomic E-state index is 13.5. The van der Waals surface area contributed by atoms with E-state index in [-0.39, 0.29) is 10.8 Å². The third-order valence-corrected chi connectivity index (χ3v) is 3.40. The van der Waals surface area contributed by atoms with Crippen molar-refractivity contribution in [2.24, 2.45) is 0 Å². The van der Waals surface area contributed by atoms with Crippen molar-refractivity contribution >= 4 is 33.9 Å². The molecule has 0 bridgehead atoms. The van der Waals surface area contributed by atoms with Crippen molar-refractivity contribution in [2.45, 2.75) is 20.3 Å². The molecule has 2 heterocycles. The highest BCUT2D eigenvalue weighted by atomic mass is 35.5. The average molecular weight is 272 g/mol. The summed E-state index contributed by atoms with van der Waals surface area (Å²) in [5.74, 6) is -0.339. The molecule has 0 unspecified atom stereocenters. The monoisotopic (exact) mass is 271 g/mol. The number of pyridine rings is 1. The van der Waals surface area contributed by atoms with E-state index in [0.29, 0.717) is 5.13 Å². The summed E-state index contributed by atoms with van der Waals surface area (Å²) < 4.78 is 13.5. The topological polar surface area (TPSA) is 37.8 Å². The van der Waals surface area contributed by atoms with Gasteiger partial charge in [-0.1, -0.05) is 18.5 Å². The molecule has 0 fully saturated rings. The molecule has 0 saturated heterocycles. The quantitative estimate of drug-likeness (QED) is 0.919. The van der Waals surface area contributed by atoms with Gasteiger partial charge in [-0.15, -0.1) is 11.3 Å². The Labute approximate surface area is 108 Å². The summed E-state index contributed by atoms with van der Waals surface area (Å²) in [7, 11) is 0. The highest BCUT2D eigenvalue weighted by molar-refractivity contribution is 7.15. The van der Waals surface area contributed by atoms with Gasteiger partial charge in [-0.3, -0.25) is 0 Å². The number of hydrogen-bond donors (Lipinski definition) is 1. The van der Waals surface area contributed by atoms with Crippen LogP contribution in [-0.4, -0.2) is 9.97 Å². The molecule has 2 rings (SSSR count). The zero-order valence-electron chi connectivity index (χ0n) is 9.42. The molecule has 3 nitrogen and oxygen atoms in total. The largest absolute Gasteiger partial charge is 0.314 e. The Morgan fingerprint density at radius 3 is 2.88 bits per heavy atom. The summed E-state index contributed by atoms with van der Waals surface area (Å²) in [5, 5.41) is 3.78. The molecule has 0 saturated carbocycles. The Morgan fingerprint density at radius 1 is 1.53 bits per heavy atom. The van der Waals surface area contributed by atoms with E-state index in [0.717, 1.165) is 17.0 Å². The van der Waals surface area contributed by atoms with E-state index in [1.165, 1.54) is 23.6 Å². The zero-order chi connectivity index (χ0) is 12.4.